The predicted octanol–water partition coefficient (Wildman–Crippen LogP) is 1.81. The normalized spacial score (nSPS) is 19.8. The molecule has 0 bridgehead atoms. The first-order valence-electron chi connectivity index (χ1n) is 7.43. The van der Waals surface area contributed by atoms with Crippen molar-refractivity contribution in [1.82, 2.24) is 4.90 Å². The molecule has 1 aliphatic heterocycles. The Morgan fingerprint density at radius 1 is 1.38 bits per heavy atom. The molecule has 1 aromatic rings. The highest BCUT2D eigenvalue weighted by Crippen LogP contribution is 2.32. The highest BCUT2D eigenvalue weighted by molar-refractivity contribution is 5.42. The lowest BCUT2D eigenvalue weighted by Gasteiger charge is -2.30. The minimum Gasteiger partial charge on any atom is -0.497 e. The Balaban J connectivity index is 2.15. The molecular weight excluding hydrogens is 268 g/mol. The highest BCUT2D eigenvalue weighted by Gasteiger charge is 2.24. The molecule has 5 heteroatoms. The van der Waals surface area contributed by atoms with Crippen molar-refractivity contribution in [3.63, 3.8) is 0 Å². The lowest BCUT2D eigenvalue weighted by Crippen LogP contribution is -2.36. The molecule has 5 nitrogen and oxygen atoms in total. The van der Waals surface area contributed by atoms with Crippen LogP contribution in [0, 0.1) is 0 Å². The van der Waals surface area contributed by atoms with Crippen LogP contribution >= 0.6 is 0 Å². The number of nitrogens with two attached hydrogens (primary N) is 1. The van der Waals surface area contributed by atoms with Crippen LogP contribution in [0.1, 0.15) is 24.4 Å². The first-order chi connectivity index (χ1) is 10.2. The maximum Gasteiger partial charge on any atom is 0.127 e. The molecule has 0 radical (unpaired) electrons. The third-order valence-corrected chi connectivity index (χ3v) is 4.07. The van der Waals surface area contributed by atoms with Gasteiger partial charge in [0.2, 0.25) is 0 Å². The maximum atomic E-state index is 6.00. The summed E-state index contributed by atoms with van der Waals surface area (Å²) in [6, 6.07) is 5.98. The van der Waals surface area contributed by atoms with E-state index in [4.69, 9.17) is 19.9 Å². The number of hydrogen-bond donors (Lipinski definition) is 1. The van der Waals surface area contributed by atoms with Crippen LogP contribution in [0.4, 0.5) is 0 Å². The lowest BCUT2D eigenvalue weighted by molar-refractivity contribution is 0.0685. The Hall–Kier alpha value is -1.30. The van der Waals surface area contributed by atoms with Gasteiger partial charge in [0.1, 0.15) is 11.5 Å². The molecule has 1 fully saturated rings. The molecule has 1 saturated heterocycles. The van der Waals surface area contributed by atoms with E-state index in [1.54, 1.807) is 14.2 Å². The van der Waals surface area contributed by atoms with Gasteiger partial charge in [0.05, 0.1) is 26.4 Å². The van der Waals surface area contributed by atoms with Crippen LogP contribution in [-0.2, 0) is 4.74 Å². The summed E-state index contributed by atoms with van der Waals surface area (Å²) >= 11 is 0. The molecule has 2 atom stereocenters. The Kier molecular flexibility index (Phi) is 5.85. The van der Waals surface area contributed by atoms with E-state index in [1.807, 2.05) is 18.2 Å². The minimum absolute atomic E-state index is 0.107. The van der Waals surface area contributed by atoms with Gasteiger partial charge < -0.3 is 19.9 Å². The Morgan fingerprint density at radius 2 is 2.19 bits per heavy atom. The van der Waals surface area contributed by atoms with Crippen molar-refractivity contribution in [1.29, 1.82) is 0 Å². The summed E-state index contributed by atoms with van der Waals surface area (Å²) in [7, 11) is 5.41. The van der Waals surface area contributed by atoms with E-state index in [1.165, 1.54) is 0 Å². The maximum absolute atomic E-state index is 6.00. The van der Waals surface area contributed by atoms with Gasteiger partial charge >= 0.3 is 0 Å². The highest BCUT2D eigenvalue weighted by atomic mass is 16.5. The fourth-order valence-electron chi connectivity index (χ4n) is 2.87. The molecule has 0 aromatic heterocycles. The molecule has 1 heterocycles. The number of rotatable bonds is 7. The summed E-state index contributed by atoms with van der Waals surface area (Å²) in [5, 5.41) is 0. The van der Waals surface area contributed by atoms with Gasteiger partial charge in [-0.2, -0.15) is 0 Å². The molecule has 1 aromatic carbocycles. The van der Waals surface area contributed by atoms with Gasteiger partial charge in [-0.15, -0.1) is 0 Å². The summed E-state index contributed by atoms with van der Waals surface area (Å²) in [4.78, 5) is 2.25. The van der Waals surface area contributed by atoms with Crippen LogP contribution < -0.4 is 15.2 Å². The van der Waals surface area contributed by atoms with Crippen molar-refractivity contribution in [2.24, 2.45) is 5.73 Å². The largest absolute Gasteiger partial charge is 0.497 e. The smallest absolute Gasteiger partial charge is 0.127 e. The second-order valence-electron chi connectivity index (χ2n) is 5.43. The zero-order valence-electron chi connectivity index (χ0n) is 13.2. The lowest BCUT2D eigenvalue weighted by atomic mass is 10.0. The molecule has 2 unspecified atom stereocenters. The molecule has 21 heavy (non-hydrogen) atoms. The molecule has 2 rings (SSSR count). The molecule has 0 spiro atoms. The third kappa shape index (κ3) is 3.87. The average molecular weight is 294 g/mol. The van der Waals surface area contributed by atoms with Crippen LogP contribution in [0.3, 0.4) is 0 Å². The van der Waals surface area contributed by atoms with E-state index in [-0.39, 0.29) is 6.04 Å². The van der Waals surface area contributed by atoms with E-state index >= 15 is 0 Å². The molecule has 0 amide bonds. The summed E-state index contributed by atoms with van der Waals surface area (Å²) in [5.74, 6) is 1.59. The summed E-state index contributed by atoms with van der Waals surface area (Å²) in [6.45, 7) is 2.29. The number of likely N-dealkylation sites (N-methyl/N-ethyl adjacent to an activating group) is 1. The van der Waals surface area contributed by atoms with Crippen molar-refractivity contribution in [3.8, 4) is 11.5 Å². The fourth-order valence-corrected chi connectivity index (χ4v) is 2.87. The van der Waals surface area contributed by atoms with Gasteiger partial charge in [-0.25, -0.2) is 0 Å². The summed E-state index contributed by atoms with van der Waals surface area (Å²) in [5.41, 5.74) is 7.09. The second-order valence-corrected chi connectivity index (χ2v) is 5.43. The average Bonchev–Trinajstić information content (AvgIpc) is 3.01. The second kappa shape index (κ2) is 7.64. The predicted molar refractivity (Wildman–Crippen MR) is 82.9 cm³/mol. The summed E-state index contributed by atoms with van der Waals surface area (Å²) < 4.78 is 16.5. The fraction of sp³-hybridized carbons (Fsp3) is 0.625. The topological polar surface area (TPSA) is 57.0 Å². The summed E-state index contributed by atoms with van der Waals surface area (Å²) in [6.07, 6.45) is 2.59. The number of benzene rings is 1. The van der Waals surface area contributed by atoms with Gasteiger partial charge in [0.25, 0.3) is 0 Å². The molecule has 0 aliphatic carbocycles. The Bertz CT molecular complexity index is 447. The van der Waals surface area contributed by atoms with Crippen molar-refractivity contribution in [3.05, 3.63) is 23.8 Å². The monoisotopic (exact) mass is 294 g/mol. The van der Waals surface area contributed by atoms with Crippen LogP contribution in [0.2, 0.25) is 0 Å². The minimum atomic E-state index is 0.107. The molecule has 118 valence electrons. The number of hydrogen-bond acceptors (Lipinski definition) is 5. The molecule has 2 N–H and O–H groups in total. The van der Waals surface area contributed by atoms with E-state index in [2.05, 4.69) is 11.9 Å². The van der Waals surface area contributed by atoms with Gasteiger partial charge in [0.15, 0.2) is 0 Å². The zero-order valence-corrected chi connectivity index (χ0v) is 13.2. The first-order valence-corrected chi connectivity index (χ1v) is 7.43. The number of nitrogens with zero attached hydrogens (tertiary/aromatic N) is 1. The molecule has 0 saturated carbocycles. The van der Waals surface area contributed by atoms with Gasteiger partial charge in [-0.05, 0) is 26.0 Å². The van der Waals surface area contributed by atoms with E-state index in [9.17, 15) is 0 Å². The SMILES string of the molecule is COc1ccc(C(CN)N(C)CC2CCCO2)c(OC)c1. The quantitative estimate of drug-likeness (QED) is 0.831. The van der Waals surface area contributed by atoms with Crippen LogP contribution in [0.5, 0.6) is 11.5 Å². The number of ether oxygens (including phenoxy) is 3. The zero-order chi connectivity index (χ0) is 15.2. The van der Waals surface area contributed by atoms with Gasteiger partial charge in [-0.3, -0.25) is 4.90 Å². The molecule has 1 aliphatic rings. The Labute approximate surface area is 127 Å². The van der Waals surface area contributed by atoms with Crippen LogP contribution in [-0.4, -0.2) is 52.0 Å². The van der Waals surface area contributed by atoms with E-state index in [0.717, 1.165) is 43.1 Å². The number of methoxy groups -OCH3 is 2. The Morgan fingerprint density at radius 3 is 2.76 bits per heavy atom. The first kappa shape index (κ1) is 16.1. The van der Waals surface area contributed by atoms with Gasteiger partial charge in [0, 0.05) is 31.3 Å². The van der Waals surface area contributed by atoms with Crippen molar-refractivity contribution in [2.45, 2.75) is 25.0 Å². The molecular formula is C16H26N2O3. The van der Waals surface area contributed by atoms with E-state index in [0.29, 0.717) is 12.6 Å². The van der Waals surface area contributed by atoms with Crippen molar-refractivity contribution >= 4 is 0 Å². The van der Waals surface area contributed by atoms with E-state index < -0.39 is 0 Å². The van der Waals surface area contributed by atoms with Crippen LogP contribution in [0.25, 0.3) is 0 Å². The van der Waals surface area contributed by atoms with Gasteiger partial charge in [-0.1, -0.05) is 6.07 Å². The van der Waals surface area contributed by atoms with Crippen LogP contribution in [0.15, 0.2) is 18.2 Å². The standard InChI is InChI=1S/C16H26N2O3/c1-18(11-13-5-4-8-21-13)15(10-17)14-7-6-12(19-2)9-16(14)20-3/h6-7,9,13,15H,4-5,8,10-11,17H2,1-3H3. The van der Waals surface area contributed by atoms with Crippen molar-refractivity contribution < 1.29 is 14.2 Å². The van der Waals surface area contributed by atoms with Crippen molar-refractivity contribution in [2.75, 3.05) is 41.0 Å². The third-order valence-electron chi connectivity index (χ3n) is 4.07.